The minimum Gasteiger partial charge on any atom is -0.467 e. The van der Waals surface area contributed by atoms with E-state index < -0.39 is 29.8 Å². The number of hydrogen-bond acceptors (Lipinski definition) is 7. The van der Waals surface area contributed by atoms with Crippen molar-refractivity contribution in [2.45, 2.75) is 23.1 Å². The number of furan rings is 1. The number of hydrogen-bond donors (Lipinski definition) is 3. The lowest BCUT2D eigenvalue weighted by Crippen LogP contribution is -2.41. The zero-order chi connectivity index (χ0) is 19.9. The van der Waals surface area contributed by atoms with Gasteiger partial charge in [-0.2, -0.15) is 0 Å². The van der Waals surface area contributed by atoms with E-state index in [1.165, 1.54) is 18.0 Å². The molecule has 3 N–H and O–H groups in total. The number of thioether (sulfide) groups is 1. The van der Waals surface area contributed by atoms with Crippen LogP contribution in [0.2, 0.25) is 0 Å². The first-order valence-corrected chi connectivity index (χ1v) is 9.21. The second kappa shape index (κ2) is 9.09. The van der Waals surface area contributed by atoms with Gasteiger partial charge in [0.2, 0.25) is 5.91 Å². The van der Waals surface area contributed by atoms with Crippen molar-refractivity contribution >= 4 is 41.3 Å². The maximum atomic E-state index is 12.1. The summed E-state index contributed by atoms with van der Waals surface area (Å²) in [5.74, 6) is -1.27. The van der Waals surface area contributed by atoms with Gasteiger partial charge in [-0.3, -0.25) is 19.7 Å². The van der Waals surface area contributed by atoms with E-state index in [4.69, 9.17) is 9.15 Å². The predicted molar refractivity (Wildman–Crippen MR) is 99.4 cm³/mol. The second-order valence-electron chi connectivity index (χ2n) is 5.77. The van der Waals surface area contributed by atoms with Crippen LogP contribution in [-0.4, -0.2) is 35.7 Å². The number of carbonyl (C=O) groups is 4. The lowest BCUT2D eigenvalue weighted by molar-refractivity contribution is -0.148. The van der Waals surface area contributed by atoms with Crippen molar-refractivity contribution in [3.63, 3.8) is 0 Å². The van der Waals surface area contributed by atoms with E-state index in [0.29, 0.717) is 11.4 Å². The van der Waals surface area contributed by atoms with E-state index in [2.05, 4.69) is 10.6 Å². The monoisotopic (exact) mass is 403 g/mol. The highest BCUT2D eigenvalue weighted by molar-refractivity contribution is 8.01. The van der Waals surface area contributed by atoms with Crippen molar-refractivity contribution in [1.29, 1.82) is 0 Å². The Bertz CT molecular complexity index is 883. The molecule has 10 heteroatoms. The van der Waals surface area contributed by atoms with Gasteiger partial charge < -0.3 is 19.8 Å². The van der Waals surface area contributed by atoms with Gasteiger partial charge in [0, 0.05) is 4.90 Å². The van der Waals surface area contributed by atoms with Crippen molar-refractivity contribution in [2.75, 3.05) is 11.9 Å². The number of imide groups is 1. The molecule has 0 aliphatic carbocycles. The van der Waals surface area contributed by atoms with Crippen LogP contribution < -0.4 is 16.0 Å². The summed E-state index contributed by atoms with van der Waals surface area (Å²) in [5, 5.41) is 6.53. The first-order valence-electron chi connectivity index (χ1n) is 8.33. The highest BCUT2D eigenvalue weighted by Gasteiger charge is 2.29. The third kappa shape index (κ3) is 5.36. The number of amides is 4. The molecule has 1 atom stereocenters. The number of esters is 1. The van der Waals surface area contributed by atoms with E-state index in [1.54, 1.807) is 24.3 Å². The average Bonchev–Trinajstić information content (AvgIpc) is 3.19. The molecular formula is C18H17N3O6S. The molecule has 0 bridgehead atoms. The van der Waals surface area contributed by atoms with Crippen molar-refractivity contribution < 1.29 is 28.3 Å². The largest absolute Gasteiger partial charge is 0.467 e. The summed E-state index contributed by atoms with van der Waals surface area (Å²) in [4.78, 5) is 48.1. The number of fused-ring (bicyclic) bond motifs is 1. The molecule has 0 saturated carbocycles. The van der Waals surface area contributed by atoms with Gasteiger partial charge in [-0.15, -0.1) is 11.8 Å². The fourth-order valence-corrected chi connectivity index (χ4v) is 3.47. The SMILES string of the molecule is O=C(COC(=O)CC1Sc2ccccc2NC1=O)NC(=O)NCc1ccco1. The number of benzene rings is 1. The topological polar surface area (TPSA) is 127 Å². The summed E-state index contributed by atoms with van der Waals surface area (Å²) in [6, 6.07) is 9.85. The Morgan fingerprint density at radius 1 is 1.18 bits per heavy atom. The zero-order valence-corrected chi connectivity index (χ0v) is 15.4. The van der Waals surface area contributed by atoms with Gasteiger partial charge in [-0.25, -0.2) is 4.79 Å². The van der Waals surface area contributed by atoms with Gasteiger partial charge in [0.25, 0.3) is 5.91 Å². The summed E-state index contributed by atoms with van der Waals surface area (Å²) < 4.78 is 9.89. The van der Waals surface area contributed by atoms with Crippen LogP contribution in [-0.2, 0) is 25.7 Å². The molecule has 9 nitrogen and oxygen atoms in total. The number of anilines is 1. The highest BCUT2D eigenvalue weighted by Crippen LogP contribution is 2.36. The molecule has 1 aromatic heterocycles. The first kappa shape index (κ1) is 19.5. The van der Waals surface area contributed by atoms with Crippen molar-refractivity contribution in [3.8, 4) is 0 Å². The number of ether oxygens (including phenoxy) is 1. The number of para-hydroxylation sites is 1. The number of rotatable bonds is 6. The third-order valence-electron chi connectivity index (χ3n) is 3.68. The Labute approximate surface area is 164 Å². The minimum absolute atomic E-state index is 0.112. The fraction of sp³-hybridized carbons (Fsp3) is 0.222. The Hall–Kier alpha value is -3.27. The Morgan fingerprint density at radius 3 is 2.79 bits per heavy atom. The van der Waals surface area contributed by atoms with Gasteiger partial charge >= 0.3 is 12.0 Å². The Balaban J connectivity index is 1.38. The highest BCUT2D eigenvalue weighted by atomic mass is 32.2. The Kier molecular flexibility index (Phi) is 6.33. The first-order chi connectivity index (χ1) is 13.5. The van der Waals surface area contributed by atoms with Crippen LogP contribution in [0.4, 0.5) is 10.5 Å². The van der Waals surface area contributed by atoms with Crippen molar-refractivity contribution in [2.24, 2.45) is 0 Å². The maximum absolute atomic E-state index is 12.1. The molecule has 4 amide bonds. The maximum Gasteiger partial charge on any atom is 0.321 e. The lowest BCUT2D eigenvalue weighted by Gasteiger charge is -2.23. The average molecular weight is 403 g/mol. The normalized spacial score (nSPS) is 15.1. The van der Waals surface area contributed by atoms with E-state index in [9.17, 15) is 19.2 Å². The molecule has 1 aliphatic rings. The van der Waals surface area contributed by atoms with Crippen LogP contribution in [0.15, 0.2) is 52.0 Å². The number of carbonyl (C=O) groups excluding carboxylic acids is 4. The van der Waals surface area contributed by atoms with Crippen molar-refractivity contribution in [1.82, 2.24) is 10.6 Å². The molecule has 0 fully saturated rings. The molecule has 1 aliphatic heterocycles. The van der Waals surface area contributed by atoms with Crippen LogP contribution in [0.1, 0.15) is 12.2 Å². The zero-order valence-electron chi connectivity index (χ0n) is 14.6. The molecule has 1 aromatic carbocycles. The van der Waals surface area contributed by atoms with Gasteiger partial charge in [0.1, 0.15) is 5.76 Å². The molecule has 1 unspecified atom stereocenters. The molecule has 2 aromatic rings. The van der Waals surface area contributed by atoms with E-state index >= 15 is 0 Å². The molecule has 2 heterocycles. The summed E-state index contributed by atoms with van der Waals surface area (Å²) in [5.41, 5.74) is 0.696. The van der Waals surface area contributed by atoms with Gasteiger partial charge in [0.15, 0.2) is 6.61 Å². The number of urea groups is 1. The van der Waals surface area contributed by atoms with Crippen LogP contribution in [0.3, 0.4) is 0 Å². The molecule has 146 valence electrons. The third-order valence-corrected chi connectivity index (χ3v) is 4.95. The Morgan fingerprint density at radius 2 is 2.00 bits per heavy atom. The van der Waals surface area contributed by atoms with E-state index in [1.807, 2.05) is 17.4 Å². The number of nitrogens with one attached hydrogen (secondary N) is 3. The van der Waals surface area contributed by atoms with Gasteiger partial charge in [-0.1, -0.05) is 12.1 Å². The van der Waals surface area contributed by atoms with Gasteiger partial charge in [-0.05, 0) is 24.3 Å². The van der Waals surface area contributed by atoms with Gasteiger partial charge in [0.05, 0.1) is 30.2 Å². The quantitative estimate of drug-likeness (QED) is 0.626. The summed E-state index contributed by atoms with van der Waals surface area (Å²) in [7, 11) is 0. The standard InChI is InChI=1S/C18H17N3O6S/c22-15(21-18(25)19-9-11-4-3-7-26-11)10-27-16(23)8-14-17(24)20-12-5-1-2-6-13(12)28-14/h1-7,14H,8-10H2,(H,20,24)(H2,19,21,22,25). The molecule has 0 saturated heterocycles. The van der Waals surface area contributed by atoms with E-state index in [-0.39, 0.29) is 18.9 Å². The summed E-state index contributed by atoms with van der Waals surface area (Å²) in [6.07, 6.45) is 1.27. The lowest BCUT2D eigenvalue weighted by atomic mass is 10.2. The molecular weight excluding hydrogens is 386 g/mol. The molecule has 0 spiro atoms. The minimum atomic E-state index is -0.781. The molecule has 3 rings (SSSR count). The van der Waals surface area contributed by atoms with Crippen LogP contribution in [0, 0.1) is 0 Å². The van der Waals surface area contributed by atoms with Crippen LogP contribution in [0.25, 0.3) is 0 Å². The summed E-state index contributed by atoms with van der Waals surface area (Å²) in [6.45, 7) is -0.510. The van der Waals surface area contributed by atoms with Crippen molar-refractivity contribution in [3.05, 3.63) is 48.4 Å². The van der Waals surface area contributed by atoms with Crippen LogP contribution >= 0.6 is 11.8 Å². The predicted octanol–water partition coefficient (Wildman–Crippen LogP) is 1.65. The molecule has 28 heavy (non-hydrogen) atoms. The molecule has 0 radical (unpaired) electrons. The summed E-state index contributed by atoms with van der Waals surface area (Å²) >= 11 is 1.26. The smallest absolute Gasteiger partial charge is 0.321 e. The van der Waals surface area contributed by atoms with Crippen LogP contribution in [0.5, 0.6) is 0 Å². The fourth-order valence-electron chi connectivity index (χ4n) is 2.37. The second-order valence-corrected chi connectivity index (χ2v) is 7.01. The van der Waals surface area contributed by atoms with E-state index in [0.717, 1.165) is 4.90 Å².